The number of carboxylic acid groups (broad SMARTS) is 1. The second kappa shape index (κ2) is 5.81. The number of fused-ring (bicyclic) bond motifs is 1. The zero-order valence-corrected chi connectivity index (χ0v) is 11.4. The maximum absolute atomic E-state index is 12.2. The van der Waals surface area contributed by atoms with Crippen molar-refractivity contribution >= 4 is 11.9 Å². The van der Waals surface area contributed by atoms with E-state index in [0.29, 0.717) is 24.7 Å². The summed E-state index contributed by atoms with van der Waals surface area (Å²) in [5.41, 5.74) is 0.286. The zero-order chi connectivity index (χ0) is 14.7. The van der Waals surface area contributed by atoms with E-state index in [1.54, 1.807) is 32.0 Å². The van der Waals surface area contributed by atoms with Crippen molar-refractivity contribution in [3.8, 4) is 11.5 Å². The average molecular weight is 279 g/mol. The molecular formula is C14H17NO5. The Morgan fingerprint density at radius 2 is 1.95 bits per heavy atom. The summed E-state index contributed by atoms with van der Waals surface area (Å²) in [5, 5.41) is 11.6. The van der Waals surface area contributed by atoms with Gasteiger partial charge >= 0.3 is 5.97 Å². The van der Waals surface area contributed by atoms with Crippen molar-refractivity contribution in [3.63, 3.8) is 0 Å². The average Bonchev–Trinajstić information content (AvgIpc) is 2.43. The molecule has 0 bridgehead atoms. The quantitative estimate of drug-likeness (QED) is 0.867. The predicted molar refractivity (Wildman–Crippen MR) is 71.2 cm³/mol. The van der Waals surface area contributed by atoms with Crippen LogP contribution in [0.5, 0.6) is 11.5 Å². The minimum atomic E-state index is -1.06. The number of hydrogen-bond donors (Lipinski definition) is 2. The van der Waals surface area contributed by atoms with Gasteiger partial charge in [-0.1, -0.05) is 19.9 Å². The summed E-state index contributed by atoms with van der Waals surface area (Å²) in [7, 11) is 0. The maximum Gasteiger partial charge on any atom is 0.326 e. The molecule has 1 aromatic rings. The topological polar surface area (TPSA) is 84.9 Å². The van der Waals surface area contributed by atoms with Gasteiger partial charge in [-0.15, -0.1) is 0 Å². The van der Waals surface area contributed by atoms with Gasteiger partial charge in [-0.25, -0.2) is 4.79 Å². The summed E-state index contributed by atoms with van der Waals surface area (Å²) in [4.78, 5) is 23.4. The lowest BCUT2D eigenvalue weighted by molar-refractivity contribution is -0.140. The molecule has 0 saturated carbocycles. The first-order chi connectivity index (χ1) is 9.50. The number of nitrogens with one attached hydrogen (secondary N) is 1. The Bertz CT molecular complexity index is 526. The first-order valence-electron chi connectivity index (χ1n) is 6.43. The highest BCUT2D eigenvalue weighted by Crippen LogP contribution is 2.33. The highest BCUT2D eigenvalue weighted by Gasteiger charge is 2.27. The van der Waals surface area contributed by atoms with E-state index in [0.717, 1.165) is 0 Å². The van der Waals surface area contributed by atoms with E-state index in [1.165, 1.54) is 0 Å². The Morgan fingerprint density at radius 3 is 2.60 bits per heavy atom. The molecule has 0 spiro atoms. The molecule has 1 amide bonds. The van der Waals surface area contributed by atoms with Crippen LogP contribution in [0.15, 0.2) is 18.2 Å². The lowest BCUT2D eigenvalue weighted by Gasteiger charge is -2.22. The fraction of sp³-hybridized carbons (Fsp3) is 0.429. The Balaban J connectivity index is 2.23. The van der Waals surface area contributed by atoms with Crippen molar-refractivity contribution in [2.75, 3.05) is 13.2 Å². The van der Waals surface area contributed by atoms with Crippen LogP contribution in [0.25, 0.3) is 0 Å². The van der Waals surface area contributed by atoms with Gasteiger partial charge in [0.2, 0.25) is 0 Å². The van der Waals surface area contributed by atoms with Crippen molar-refractivity contribution < 1.29 is 24.2 Å². The van der Waals surface area contributed by atoms with Crippen molar-refractivity contribution in [3.05, 3.63) is 23.8 Å². The number of carbonyl (C=O) groups excluding carboxylic acids is 1. The molecule has 0 aromatic heterocycles. The molecule has 108 valence electrons. The van der Waals surface area contributed by atoms with Gasteiger partial charge in [-0.05, 0) is 18.1 Å². The summed E-state index contributed by atoms with van der Waals surface area (Å²) in [6.07, 6.45) is 0. The molecule has 2 N–H and O–H groups in total. The lowest BCUT2D eigenvalue weighted by atomic mass is 10.0. The van der Waals surface area contributed by atoms with Gasteiger partial charge in [0.25, 0.3) is 5.91 Å². The Labute approximate surface area is 116 Å². The summed E-state index contributed by atoms with van der Waals surface area (Å²) >= 11 is 0. The number of rotatable bonds is 4. The van der Waals surface area contributed by atoms with E-state index < -0.39 is 17.9 Å². The van der Waals surface area contributed by atoms with Crippen molar-refractivity contribution in [2.45, 2.75) is 19.9 Å². The smallest absolute Gasteiger partial charge is 0.326 e. The van der Waals surface area contributed by atoms with Crippen molar-refractivity contribution in [1.29, 1.82) is 0 Å². The molecule has 1 aromatic carbocycles. The molecule has 20 heavy (non-hydrogen) atoms. The third-order valence-corrected chi connectivity index (χ3v) is 3.03. The molecular weight excluding hydrogens is 262 g/mol. The first-order valence-corrected chi connectivity index (χ1v) is 6.43. The van der Waals surface area contributed by atoms with Crippen LogP contribution in [0.2, 0.25) is 0 Å². The predicted octanol–water partition coefficient (Wildman–Crippen LogP) is 1.30. The molecule has 0 fully saturated rings. The van der Waals surface area contributed by atoms with E-state index in [4.69, 9.17) is 14.6 Å². The number of carbonyl (C=O) groups is 2. The van der Waals surface area contributed by atoms with Gasteiger partial charge in [0.1, 0.15) is 19.3 Å². The fourth-order valence-corrected chi connectivity index (χ4v) is 1.99. The maximum atomic E-state index is 12.2. The minimum absolute atomic E-state index is 0.215. The van der Waals surface area contributed by atoms with Crippen LogP contribution < -0.4 is 14.8 Å². The second-order valence-corrected chi connectivity index (χ2v) is 4.86. The van der Waals surface area contributed by atoms with Gasteiger partial charge < -0.3 is 19.9 Å². The van der Waals surface area contributed by atoms with Gasteiger partial charge in [-0.3, -0.25) is 4.79 Å². The van der Waals surface area contributed by atoms with E-state index in [9.17, 15) is 9.59 Å². The first kappa shape index (κ1) is 14.2. The van der Waals surface area contributed by atoms with Gasteiger partial charge in [-0.2, -0.15) is 0 Å². The van der Waals surface area contributed by atoms with Crippen LogP contribution in [-0.2, 0) is 4.79 Å². The van der Waals surface area contributed by atoms with Gasteiger partial charge in [0.05, 0.1) is 5.56 Å². The van der Waals surface area contributed by atoms with Gasteiger partial charge in [0.15, 0.2) is 11.5 Å². The molecule has 6 nitrogen and oxygen atoms in total. The second-order valence-electron chi connectivity index (χ2n) is 4.86. The van der Waals surface area contributed by atoms with Crippen molar-refractivity contribution in [1.82, 2.24) is 5.32 Å². The summed E-state index contributed by atoms with van der Waals surface area (Å²) in [5.74, 6) is -0.888. The number of hydrogen-bond acceptors (Lipinski definition) is 4. The third-order valence-electron chi connectivity index (χ3n) is 3.03. The summed E-state index contributed by atoms with van der Waals surface area (Å²) in [6, 6.07) is 4.03. The van der Waals surface area contributed by atoms with Gasteiger partial charge in [0, 0.05) is 0 Å². The van der Waals surface area contributed by atoms with Crippen LogP contribution in [0.4, 0.5) is 0 Å². The number of amides is 1. The molecule has 0 unspecified atom stereocenters. The molecule has 1 heterocycles. The number of carboxylic acids is 1. The lowest BCUT2D eigenvalue weighted by Crippen LogP contribution is -2.44. The van der Waals surface area contributed by atoms with Crippen LogP contribution in [-0.4, -0.2) is 36.2 Å². The number of aliphatic carboxylic acids is 1. The van der Waals surface area contributed by atoms with Crippen LogP contribution in [0, 0.1) is 5.92 Å². The fourth-order valence-electron chi connectivity index (χ4n) is 1.99. The highest BCUT2D eigenvalue weighted by atomic mass is 16.6. The Hall–Kier alpha value is -2.24. The minimum Gasteiger partial charge on any atom is -0.486 e. The molecule has 2 rings (SSSR count). The summed E-state index contributed by atoms with van der Waals surface area (Å²) < 4.78 is 10.8. The standard InChI is InChI=1S/C14H17NO5/c1-8(2)11(14(17)18)15-13(16)9-4-3-5-10-12(9)20-7-6-19-10/h3-5,8,11H,6-7H2,1-2H3,(H,15,16)(H,17,18)/t11-/m1/s1. The van der Waals surface area contributed by atoms with Crippen LogP contribution >= 0.6 is 0 Å². The Morgan fingerprint density at radius 1 is 1.25 bits per heavy atom. The van der Waals surface area contributed by atoms with E-state index in [2.05, 4.69) is 5.32 Å². The Kier molecular flexibility index (Phi) is 4.12. The molecule has 1 atom stereocenters. The highest BCUT2D eigenvalue weighted by molar-refractivity contribution is 5.99. The summed E-state index contributed by atoms with van der Waals surface area (Å²) in [6.45, 7) is 4.27. The number of benzene rings is 1. The van der Waals surface area contributed by atoms with E-state index in [-0.39, 0.29) is 11.5 Å². The van der Waals surface area contributed by atoms with Crippen LogP contribution in [0.1, 0.15) is 24.2 Å². The molecule has 0 radical (unpaired) electrons. The van der Waals surface area contributed by atoms with Crippen molar-refractivity contribution in [2.24, 2.45) is 5.92 Å². The zero-order valence-electron chi connectivity index (χ0n) is 11.4. The largest absolute Gasteiger partial charge is 0.486 e. The normalized spacial score (nSPS) is 14.8. The molecule has 0 aliphatic carbocycles. The van der Waals surface area contributed by atoms with Crippen LogP contribution in [0.3, 0.4) is 0 Å². The van der Waals surface area contributed by atoms with E-state index >= 15 is 0 Å². The SMILES string of the molecule is CC(C)[C@@H](NC(=O)c1cccc2c1OCCO2)C(=O)O. The molecule has 1 aliphatic rings. The monoisotopic (exact) mass is 279 g/mol. The number of para-hydroxylation sites is 1. The molecule has 0 saturated heterocycles. The third kappa shape index (κ3) is 2.84. The number of ether oxygens (including phenoxy) is 2. The van der Waals surface area contributed by atoms with E-state index in [1.807, 2.05) is 0 Å². The molecule has 1 aliphatic heterocycles. The molecule has 6 heteroatoms.